The minimum absolute atomic E-state index is 0.0683. The Morgan fingerprint density at radius 1 is 0.667 bits per heavy atom. The van der Waals surface area contributed by atoms with Crippen molar-refractivity contribution in [1.29, 1.82) is 0 Å². The van der Waals surface area contributed by atoms with Gasteiger partial charge in [-0.2, -0.15) is 13.2 Å². The van der Waals surface area contributed by atoms with Crippen molar-refractivity contribution in [3.05, 3.63) is 105 Å². The highest BCUT2D eigenvalue weighted by molar-refractivity contribution is 5.49. The summed E-state index contributed by atoms with van der Waals surface area (Å²) in [6.45, 7) is 1.88. The summed E-state index contributed by atoms with van der Waals surface area (Å²) < 4.78 is 94.0. The summed E-state index contributed by atoms with van der Waals surface area (Å²) in [5.41, 5.74) is -1.38. The largest absolute Gasteiger partial charge is 0.419 e. The number of rotatable bonds is 2. The molecule has 0 fully saturated rings. The van der Waals surface area contributed by atoms with E-state index in [1.807, 2.05) is 6.92 Å². The van der Waals surface area contributed by atoms with Crippen molar-refractivity contribution < 1.29 is 30.7 Å². The second-order valence-corrected chi connectivity index (χ2v) is 7.07. The average Bonchev–Trinajstić information content (AvgIpc) is 2.72. The first-order valence-electron chi connectivity index (χ1n) is 9.76. The van der Waals surface area contributed by atoms with E-state index in [1.165, 1.54) is 24.3 Å². The summed E-state index contributed by atoms with van der Waals surface area (Å²) in [5, 5.41) is 0. The summed E-state index contributed by atoms with van der Waals surface area (Å²) in [7, 11) is 0. The third-order valence-electron chi connectivity index (χ3n) is 4.56. The van der Waals surface area contributed by atoms with Gasteiger partial charge in [-0.05, 0) is 60.5 Å². The lowest BCUT2D eigenvalue weighted by Gasteiger charge is -2.07. The summed E-state index contributed by atoms with van der Waals surface area (Å²) in [5.74, 6) is 5.75. The van der Waals surface area contributed by atoms with Crippen LogP contribution in [0, 0.1) is 47.0 Å². The van der Waals surface area contributed by atoms with Gasteiger partial charge in [0.05, 0.1) is 16.7 Å². The zero-order valence-electron chi connectivity index (χ0n) is 17.2. The van der Waals surface area contributed by atoms with Crippen molar-refractivity contribution >= 4 is 0 Å². The standard InChI is InChI=1S/C26H15F7/c1-2-3-18-14-23(28)20(24(29)15-18)10-6-16-4-8-19(22(27)12-16)9-5-17-7-11-21(25(30)13-17)26(31,32)33/h4,7-8,11-15H,2-3H2,1H3. The van der Waals surface area contributed by atoms with E-state index in [0.717, 1.165) is 18.6 Å². The van der Waals surface area contributed by atoms with Crippen LogP contribution in [-0.2, 0) is 12.6 Å². The van der Waals surface area contributed by atoms with Crippen LogP contribution in [0.2, 0.25) is 0 Å². The third-order valence-corrected chi connectivity index (χ3v) is 4.56. The Morgan fingerprint density at radius 3 is 1.79 bits per heavy atom. The molecule has 0 aliphatic carbocycles. The molecule has 0 N–H and O–H groups in total. The van der Waals surface area contributed by atoms with Gasteiger partial charge in [0, 0.05) is 11.1 Å². The van der Waals surface area contributed by atoms with Gasteiger partial charge in [-0.1, -0.05) is 37.0 Å². The predicted octanol–water partition coefficient (Wildman–Crippen LogP) is 7.01. The van der Waals surface area contributed by atoms with Crippen LogP contribution in [0.3, 0.4) is 0 Å². The lowest BCUT2D eigenvalue weighted by Crippen LogP contribution is -2.07. The van der Waals surface area contributed by atoms with Crippen LogP contribution in [0.15, 0.2) is 48.5 Å². The van der Waals surface area contributed by atoms with E-state index in [1.54, 1.807) is 0 Å². The highest BCUT2D eigenvalue weighted by Gasteiger charge is 2.33. The zero-order valence-corrected chi connectivity index (χ0v) is 17.2. The molecule has 0 radical (unpaired) electrons. The SMILES string of the molecule is CCCc1cc(F)c(C#Cc2ccc(C#Cc3ccc(C(F)(F)F)c(F)c3)c(F)c2)c(F)c1. The van der Waals surface area contributed by atoms with Gasteiger partial charge in [-0.25, -0.2) is 17.6 Å². The second kappa shape index (κ2) is 9.83. The minimum atomic E-state index is -4.83. The molecule has 168 valence electrons. The molecule has 0 nitrogen and oxygen atoms in total. The van der Waals surface area contributed by atoms with Gasteiger partial charge in [-0.3, -0.25) is 0 Å². The van der Waals surface area contributed by atoms with E-state index in [2.05, 4.69) is 23.7 Å². The topological polar surface area (TPSA) is 0 Å². The fourth-order valence-corrected chi connectivity index (χ4v) is 2.97. The molecular weight excluding hydrogens is 445 g/mol. The van der Waals surface area contributed by atoms with Gasteiger partial charge in [0.2, 0.25) is 0 Å². The van der Waals surface area contributed by atoms with Gasteiger partial charge >= 0.3 is 6.18 Å². The average molecular weight is 460 g/mol. The highest BCUT2D eigenvalue weighted by atomic mass is 19.4. The van der Waals surface area contributed by atoms with Crippen molar-refractivity contribution in [1.82, 2.24) is 0 Å². The molecule has 0 unspecified atom stereocenters. The summed E-state index contributed by atoms with van der Waals surface area (Å²) in [4.78, 5) is 0. The number of alkyl halides is 3. The van der Waals surface area contributed by atoms with Crippen molar-refractivity contribution in [2.75, 3.05) is 0 Å². The van der Waals surface area contributed by atoms with E-state index >= 15 is 0 Å². The van der Waals surface area contributed by atoms with E-state index < -0.39 is 40.6 Å². The first-order chi connectivity index (χ1) is 15.6. The van der Waals surface area contributed by atoms with Crippen molar-refractivity contribution in [2.45, 2.75) is 25.9 Å². The van der Waals surface area contributed by atoms with Crippen molar-refractivity contribution in [2.24, 2.45) is 0 Å². The Labute approximate surface area is 186 Å². The number of hydrogen-bond donors (Lipinski definition) is 0. The Kier molecular flexibility index (Phi) is 7.13. The molecule has 0 aromatic heterocycles. The third kappa shape index (κ3) is 5.96. The maximum Gasteiger partial charge on any atom is 0.419 e. The molecule has 3 aromatic rings. The van der Waals surface area contributed by atoms with E-state index in [9.17, 15) is 30.7 Å². The molecule has 33 heavy (non-hydrogen) atoms. The molecule has 0 spiro atoms. The smallest absolute Gasteiger partial charge is 0.206 e. The second-order valence-electron chi connectivity index (χ2n) is 7.07. The van der Waals surface area contributed by atoms with E-state index in [0.29, 0.717) is 24.1 Å². The van der Waals surface area contributed by atoms with E-state index in [-0.39, 0.29) is 16.7 Å². The van der Waals surface area contributed by atoms with Crippen LogP contribution in [0.1, 0.15) is 46.7 Å². The molecule has 3 aromatic carbocycles. The highest BCUT2D eigenvalue weighted by Crippen LogP contribution is 2.31. The number of aryl methyl sites for hydroxylation is 1. The van der Waals surface area contributed by atoms with E-state index in [4.69, 9.17) is 0 Å². The summed E-state index contributed by atoms with van der Waals surface area (Å²) >= 11 is 0. The molecule has 0 aliphatic heterocycles. The first-order valence-corrected chi connectivity index (χ1v) is 9.76. The molecule has 0 amide bonds. The van der Waals surface area contributed by atoms with Crippen LogP contribution in [0.5, 0.6) is 0 Å². The Bertz CT molecular complexity index is 1290. The fraction of sp³-hybridized carbons (Fsp3) is 0.154. The van der Waals surface area contributed by atoms with Gasteiger partial charge in [0.1, 0.15) is 23.3 Å². The summed E-state index contributed by atoms with van der Waals surface area (Å²) in [6.07, 6.45) is -3.58. The van der Waals surface area contributed by atoms with Crippen molar-refractivity contribution in [3.63, 3.8) is 0 Å². The zero-order chi connectivity index (χ0) is 24.2. The maximum atomic E-state index is 14.3. The number of benzene rings is 3. The Morgan fingerprint density at radius 2 is 1.24 bits per heavy atom. The van der Waals surface area contributed by atoms with Crippen LogP contribution in [0.4, 0.5) is 30.7 Å². The maximum absolute atomic E-state index is 14.3. The molecule has 0 saturated heterocycles. The molecule has 0 bridgehead atoms. The lowest BCUT2D eigenvalue weighted by atomic mass is 10.1. The minimum Gasteiger partial charge on any atom is -0.206 e. The molecular formula is C26H15F7. The normalized spacial score (nSPS) is 10.8. The summed E-state index contributed by atoms with van der Waals surface area (Å²) in [6, 6.07) is 8.19. The van der Waals surface area contributed by atoms with Gasteiger partial charge in [0.25, 0.3) is 0 Å². The molecule has 0 atom stereocenters. The molecule has 0 saturated carbocycles. The Balaban J connectivity index is 1.83. The first kappa shape index (κ1) is 23.9. The van der Waals surface area contributed by atoms with Crippen LogP contribution < -0.4 is 0 Å². The number of halogens is 7. The Hall–Kier alpha value is -3.71. The van der Waals surface area contributed by atoms with Crippen LogP contribution in [-0.4, -0.2) is 0 Å². The van der Waals surface area contributed by atoms with Gasteiger partial charge in [-0.15, -0.1) is 0 Å². The molecule has 7 heteroatoms. The van der Waals surface area contributed by atoms with Crippen molar-refractivity contribution in [3.8, 4) is 23.7 Å². The van der Waals surface area contributed by atoms with Crippen LogP contribution in [0.25, 0.3) is 0 Å². The van der Waals surface area contributed by atoms with Crippen LogP contribution >= 0.6 is 0 Å². The van der Waals surface area contributed by atoms with Gasteiger partial charge < -0.3 is 0 Å². The molecule has 0 heterocycles. The quantitative estimate of drug-likeness (QED) is 0.285. The lowest BCUT2D eigenvalue weighted by molar-refractivity contribution is -0.140. The fourth-order valence-electron chi connectivity index (χ4n) is 2.97. The molecule has 0 aliphatic rings. The van der Waals surface area contributed by atoms with Gasteiger partial charge in [0.15, 0.2) is 0 Å². The predicted molar refractivity (Wildman–Crippen MR) is 110 cm³/mol. The number of hydrogen-bond acceptors (Lipinski definition) is 0. The monoisotopic (exact) mass is 460 g/mol. The molecule has 3 rings (SSSR count).